The molecular weight excluding hydrogens is 372 g/mol. The maximum Gasteiger partial charge on any atom is 0.394 e. The summed E-state index contributed by atoms with van der Waals surface area (Å²) in [5, 5.41) is 13.0. The van der Waals surface area contributed by atoms with Gasteiger partial charge in [0.15, 0.2) is 0 Å². The molecule has 3 rings (SSSR count). The van der Waals surface area contributed by atoms with E-state index in [4.69, 9.17) is 5.11 Å². The van der Waals surface area contributed by atoms with Gasteiger partial charge in [-0.25, -0.2) is 14.1 Å². The lowest BCUT2D eigenvalue weighted by molar-refractivity contribution is -0.187. The molecule has 0 bridgehead atoms. The Morgan fingerprint density at radius 3 is 2.33 bits per heavy atom. The SMILES string of the molecule is Cc1nc(C(=O)N2C[C@@H](C(F)(F)F)[C@H](C(=O)O)C2)nn1-c1ccc(F)cc1. The molecular formula is C16H14F4N4O3. The summed E-state index contributed by atoms with van der Waals surface area (Å²) in [7, 11) is 0. The first kappa shape index (κ1) is 18.8. The Morgan fingerprint density at radius 1 is 1.19 bits per heavy atom. The smallest absolute Gasteiger partial charge is 0.394 e. The third-order valence-electron chi connectivity index (χ3n) is 4.38. The Kier molecular flexibility index (Phi) is 4.62. The quantitative estimate of drug-likeness (QED) is 0.816. The summed E-state index contributed by atoms with van der Waals surface area (Å²) in [4.78, 5) is 28.4. The van der Waals surface area contributed by atoms with Crippen LogP contribution in [0.2, 0.25) is 0 Å². The lowest BCUT2D eigenvalue weighted by Crippen LogP contribution is -2.34. The maximum absolute atomic E-state index is 13.1. The number of aryl methyl sites for hydroxylation is 1. The Balaban J connectivity index is 1.85. The van der Waals surface area contributed by atoms with E-state index < -0.39 is 48.8 Å². The number of aromatic nitrogens is 3. The molecule has 1 aromatic carbocycles. The van der Waals surface area contributed by atoms with Gasteiger partial charge < -0.3 is 10.0 Å². The standard InChI is InChI=1S/C16H14F4N4O3/c1-8-21-13(22-24(8)10-4-2-9(17)3-5-10)14(25)23-6-11(15(26)27)12(7-23)16(18,19)20/h2-5,11-12H,6-7H2,1H3,(H,26,27)/t11-,12-/m1/s1. The number of benzene rings is 1. The Hall–Kier alpha value is -2.98. The van der Waals surface area contributed by atoms with Gasteiger partial charge in [0.05, 0.1) is 17.5 Å². The molecule has 1 aliphatic heterocycles. The molecule has 0 saturated carbocycles. The second-order valence-electron chi connectivity index (χ2n) is 6.17. The van der Waals surface area contributed by atoms with Gasteiger partial charge in [-0.15, -0.1) is 5.10 Å². The molecule has 27 heavy (non-hydrogen) atoms. The van der Waals surface area contributed by atoms with Crippen LogP contribution in [0.5, 0.6) is 0 Å². The average Bonchev–Trinajstić information content (AvgIpc) is 3.19. The van der Waals surface area contributed by atoms with E-state index in [1.165, 1.54) is 35.9 Å². The summed E-state index contributed by atoms with van der Waals surface area (Å²) in [5.41, 5.74) is 0.415. The van der Waals surface area contributed by atoms with Crippen molar-refractivity contribution in [2.24, 2.45) is 11.8 Å². The second-order valence-corrected chi connectivity index (χ2v) is 6.17. The highest BCUT2D eigenvalue weighted by molar-refractivity contribution is 5.91. The van der Waals surface area contributed by atoms with Gasteiger partial charge in [0.2, 0.25) is 5.82 Å². The minimum Gasteiger partial charge on any atom is -0.481 e. The molecule has 0 unspecified atom stereocenters. The Morgan fingerprint density at radius 2 is 1.81 bits per heavy atom. The fourth-order valence-electron chi connectivity index (χ4n) is 3.00. The number of carbonyl (C=O) groups is 2. The van der Waals surface area contributed by atoms with E-state index in [0.717, 1.165) is 4.90 Å². The van der Waals surface area contributed by atoms with Crippen LogP contribution < -0.4 is 0 Å². The van der Waals surface area contributed by atoms with E-state index in [1.807, 2.05) is 0 Å². The number of nitrogens with zero attached hydrogens (tertiary/aromatic N) is 4. The van der Waals surface area contributed by atoms with Crippen LogP contribution in [-0.4, -0.2) is 55.9 Å². The highest BCUT2D eigenvalue weighted by atomic mass is 19.4. The molecule has 2 aromatic rings. The highest BCUT2D eigenvalue weighted by Gasteiger charge is 2.53. The van der Waals surface area contributed by atoms with Crippen molar-refractivity contribution in [3.05, 3.63) is 41.7 Å². The summed E-state index contributed by atoms with van der Waals surface area (Å²) < 4.78 is 53.5. The summed E-state index contributed by atoms with van der Waals surface area (Å²) >= 11 is 0. The minimum atomic E-state index is -4.74. The number of carboxylic acid groups (broad SMARTS) is 1. The lowest BCUT2D eigenvalue weighted by atomic mass is 9.96. The van der Waals surface area contributed by atoms with Crippen LogP contribution in [0.1, 0.15) is 16.4 Å². The Labute approximate surface area is 150 Å². The number of halogens is 4. The summed E-state index contributed by atoms with van der Waals surface area (Å²) in [5.74, 6) is -6.96. The number of carboxylic acids is 1. The molecule has 2 heterocycles. The van der Waals surface area contributed by atoms with Gasteiger partial charge in [-0.3, -0.25) is 9.59 Å². The van der Waals surface area contributed by atoms with Gasteiger partial charge in [-0.2, -0.15) is 13.2 Å². The first-order chi connectivity index (χ1) is 12.6. The van der Waals surface area contributed by atoms with Crippen molar-refractivity contribution in [1.82, 2.24) is 19.7 Å². The monoisotopic (exact) mass is 386 g/mol. The number of rotatable bonds is 3. The topological polar surface area (TPSA) is 88.3 Å². The van der Waals surface area contributed by atoms with Crippen LogP contribution in [0.4, 0.5) is 17.6 Å². The first-order valence-electron chi connectivity index (χ1n) is 7.86. The van der Waals surface area contributed by atoms with Crippen LogP contribution in [-0.2, 0) is 4.79 Å². The van der Waals surface area contributed by atoms with E-state index in [-0.39, 0.29) is 11.6 Å². The zero-order chi connectivity index (χ0) is 19.9. The van der Waals surface area contributed by atoms with Crippen molar-refractivity contribution in [1.29, 1.82) is 0 Å². The predicted molar refractivity (Wildman–Crippen MR) is 82.6 cm³/mol. The van der Waals surface area contributed by atoms with E-state index in [0.29, 0.717) is 5.69 Å². The maximum atomic E-state index is 13.1. The van der Waals surface area contributed by atoms with Gasteiger partial charge in [0.25, 0.3) is 5.91 Å². The number of likely N-dealkylation sites (tertiary alicyclic amines) is 1. The highest BCUT2D eigenvalue weighted by Crippen LogP contribution is 2.38. The van der Waals surface area contributed by atoms with E-state index in [2.05, 4.69) is 10.1 Å². The number of hydrogen-bond donors (Lipinski definition) is 1. The Bertz CT molecular complexity index is 879. The van der Waals surface area contributed by atoms with E-state index in [9.17, 15) is 27.2 Å². The van der Waals surface area contributed by atoms with Crippen molar-refractivity contribution < 1.29 is 32.3 Å². The number of aliphatic carboxylic acids is 1. The predicted octanol–water partition coefficient (Wildman–Crippen LogP) is 2.05. The second kappa shape index (κ2) is 6.63. The minimum absolute atomic E-state index is 0.270. The molecule has 7 nitrogen and oxygen atoms in total. The fraction of sp³-hybridized carbons (Fsp3) is 0.375. The molecule has 144 valence electrons. The molecule has 0 radical (unpaired) electrons. The molecule has 1 N–H and O–H groups in total. The molecule has 2 atom stereocenters. The lowest BCUT2D eigenvalue weighted by Gasteiger charge is -2.17. The molecule has 1 aliphatic rings. The molecule has 1 fully saturated rings. The van der Waals surface area contributed by atoms with Crippen molar-refractivity contribution in [2.45, 2.75) is 13.1 Å². The third kappa shape index (κ3) is 3.62. The number of amides is 1. The van der Waals surface area contributed by atoms with Gasteiger partial charge in [-0.05, 0) is 31.2 Å². The molecule has 0 spiro atoms. The normalized spacial score (nSPS) is 20.1. The average molecular weight is 386 g/mol. The van der Waals surface area contributed by atoms with Crippen LogP contribution in [0.15, 0.2) is 24.3 Å². The fourth-order valence-corrected chi connectivity index (χ4v) is 3.00. The number of alkyl halides is 3. The molecule has 1 aromatic heterocycles. The molecule has 1 saturated heterocycles. The molecule has 0 aliphatic carbocycles. The van der Waals surface area contributed by atoms with E-state index in [1.54, 1.807) is 0 Å². The number of hydrogen-bond acceptors (Lipinski definition) is 4. The zero-order valence-electron chi connectivity index (χ0n) is 13.9. The summed E-state index contributed by atoms with van der Waals surface area (Å²) in [6.07, 6.45) is -4.74. The molecule has 1 amide bonds. The van der Waals surface area contributed by atoms with Crippen LogP contribution in [0, 0.1) is 24.6 Å². The van der Waals surface area contributed by atoms with Crippen LogP contribution >= 0.6 is 0 Å². The number of carbonyl (C=O) groups excluding carboxylic acids is 1. The largest absolute Gasteiger partial charge is 0.481 e. The third-order valence-corrected chi connectivity index (χ3v) is 4.38. The van der Waals surface area contributed by atoms with Gasteiger partial charge in [0, 0.05) is 13.1 Å². The van der Waals surface area contributed by atoms with Crippen LogP contribution in [0.25, 0.3) is 5.69 Å². The van der Waals surface area contributed by atoms with Gasteiger partial charge >= 0.3 is 12.1 Å². The van der Waals surface area contributed by atoms with E-state index >= 15 is 0 Å². The van der Waals surface area contributed by atoms with Crippen molar-refractivity contribution in [3.8, 4) is 5.69 Å². The first-order valence-corrected chi connectivity index (χ1v) is 7.86. The van der Waals surface area contributed by atoms with Crippen molar-refractivity contribution in [2.75, 3.05) is 13.1 Å². The van der Waals surface area contributed by atoms with Gasteiger partial charge in [0.1, 0.15) is 11.6 Å². The molecule has 11 heteroatoms. The zero-order valence-corrected chi connectivity index (χ0v) is 13.9. The summed E-state index contributed by atoms with van der Waals surface area (Å²) in [6.45, 7) is 0.168. The van der Waals surface area contributed by atoms with Crippen LogP contribution in [0.3, 0.4) is 0 Å². The summed E-state index contributed by atoms with van der Waals surface area (Å²) in [6, 6.07) is 5.18. The van der Waals surface area contributed by atoms with Gasteiger partial charge in [-0.1, -0.05) is 0 Å². The van der Waals surface area contributed by atoms with Crippen molar-refractivity contribution in [3.63, 3.8) is 0 Å². The van der Waals surface area contributed by atoms with Crippen molar-refractivity contribution >= 4 is 11.9 Å².